The van der Waals surface area contributed by atoms with Gasteiger partial charge in [0, 0.05) is 11.6 Å². The molecule has 6 nitrogen and oxygen atoms in total. The molecule has 0 aliphatic carbocycles. The van der Waals surface area contributed by atoms with Crippen molar-refractivity contribution in [1.82, 2.24) is 19.7 Å². The lowest BCUT2D eigenvalue weighted by atomic mass is 10.00. The van der Waals surface area contributed by atoms with E-state index in [9.17, 15) is 0 Å². The zero-order chi connectivity index (χ0) is 20.5. The van der Waals surface area contributed by atoms with Crippen molar-refractivity contribution in [2.24, 2.45) is 5.92 Å². The average Bonchev–Trinajstić information content (AvgIpc) is 3.15. The third kappa shape index (κ3) is 3.78. The van der Waals surface area contributed by atoms with Gasteiger partial charge in [0.05, 0.1) is 35.6 Å². The van der Waals surface area contributed by atoms with Crippen LogP contribution in [0.3, 0.4) is 0 Å². The number of nitrogens with zero attached hydrogens (tertiary/aromatic N) is 4. The summed E-state index contributed by atoms with van der Waals surface area (Å²) in [5.74, 6) is 1.34. The topological polar surface area (TPSA) is 61.2 Å². The van der Waals surface area contributed by atoms with Crippen molar-refractivity contribution in [3.8, 4) is 22.8 Å². The summed E-state index contributed by atoms with van der Waals surface area (Å²) < 4.78 is 7.79. The Balaban J connectivity index is 1.55. The molecule has 1 fully saturated rings. The number of para-hydroxylation sites is 1. The van der Waals surface area contributed by atoms with E-state index in [1.165, 1.54) is 17.7 Å². The van der Waals surface area contributed by atoms with Gasteiger partial charge in [-0.3, -0.25) is 4.98 Å². The van der Waals surface area contributed by atoms with Gasteiger partial charge in [0.25, 0.3) is 4.84 Å². The second-order valence-electron chi connectivity index (χ2n) is 8.05. The molecule has 0 amide bonds. The maximum atomic E-state index is 5.97. The third-order valence-corrected chi connectivity index (χ3v) is 6.13. The second-order valence-corrected chi connectivity index (χ2v) is 8.40. The Kier molecular flexibility index (Phi) is 5.14. The van der Waals surface area contributed by atoms with E-state index in [-0.39, 0.29) is 0 Å². The number of piperidine rings is 1. The first-order valence-electron chi connectivity index (χ1n) is 10.4. The lowest BCUT2D eigenvalue weighted by Gasteiger charge is -2.26. The fourth-order valence-corrected chi connectivity index (χ4v) is 4.24. The highest BCUT2D eigenvalue weighted by molar-refractivity contribution is 7.71. The smallest absolute Gasteiger partial charge is 0.292 e. The van der Waals surface area contributed by atoms with E-state index in [1.807, 2.05) is 53.2 Å². The SMILES string of the molecule is CC1CC[NH+](Cn2nc(-c3cc(-c4ccccn4)nc4ccccc34)oc2=S)CC1. The summed E-state index contributed by atoms with van der Waals surface area (Å²) in [4.78, 5) is 11.2. The molecule has 0 spiro atoms. The van der Waals surface area contributed by atoms with Crippen molar-refractivity contribution >= 4 is 23.1 Å². The van der Waals surface area contributed by atoms with Crippen LogP contribution in [0.1, 0.15) is 19.8 Å². The summed E-state index contributed by atoms with van der Waals surface area (Å²) in [5, 5.41) is 5.74. The van der Waals surface area contributed by atoms with Crippen LogP contribution in [0.2, 0.25) is 0 Å². The number of quaternary nitrogens is 1. The molecule has 152 valence electrons. The molecular formula is C23H24N5OS+. The maximum absolute atomic E-state index is 5.97. The van der Waals surface area contributed by atoms with E-state index < -0.39 is 0 Å². The van der Waals surface area contributed by atoms with Crippen LogP contribution in [0.5, 0.6) is 0 Å². The van der Waals surface area contributed by atoms with Gasteiger partial charge in [-0.1, -0.05) is 31.2 Å². The Labute approximate surface area is 180 Å². The molecule has 0 bridgehead atoms. The number of benzene rings is 1. The lowest BCUT2D eigenvalue weighted by Crippen LogP contribution is -3.12. The van der Waals surface area contributed by atoms with E-state index in [0.717, 1.165) is 53.5 Å². The van der Waals surface area contributed by atoms with E-state index in [4.69, 9.17) is 26.7 Å². The van der Waals surface area contributed by atoms with Crippen molar-refractivity contribution in [3.63, 3.8) is 0 Å². The predicted octanol–water partition coefficient (Wildman–Crippen LogP) is 3.76. The van der Waals surface area contributed by atoms with Gasteiger partial charge >= 0.3 is 0 Å². The van der Waals surface area contributed by atoms with Gasteiger partial charge in [-0.2, -0.15) is 4.68 Å². The minimum Gasteiger partial charge on any atom is -0.409 e. The molecule has 5 rings (SSSR count). The zero-order valence-electron chi connectivity index (χ0n) is 16.9. The molecular weight excluding hydrogens is 394 g/mol. The second kappa shape index (κ2) is 8.08. The highest BCUT2D eigenvalue weighted by atomic mass is 32.1. The Morgan fingerprint density at radius 1 is 1.10 bits per heavy atom. The van der Waals surface area contributed by atoms with Gasteiger partial charge in [0.2, 0.25) is 5.89 Å². The van der Waals surface area contributed by atoms with Gasteiger partial charge in [0.15, 0.2) is 6.67 Å². The molecule has 0 unspecified atom stereocenters. The Morgan fingerprint density at radius 2 is 1.90 bits per heavy atom. The first-order valence-corrected chi connectivity index (χ1v) is 10.8. The molecule has 1 aliphatic rings. The van der Waals surface area contributed by atoms with Gasteiger partial charge in [0.1, 0.15) is 0 Å². The van der Waals surface area contributed by atoms with Gasteiger partial charge < -0.3 is 9.32 Å². The van der Waals surface area contributed by atoms with Gasteiger partial charge in [-0.15, -0.1) is 5.10 Å². The van der Waals surface area contributed by atoms with Crippen LogP contribution in [-0.4, -0.2) is 32.8 Å². The van der Waals surface area contributed by atoms with Crippen LogP contribution in [0, 0.1) is 10.8 Å². The largest absolute Gasteiger partial charge is 0.409 e. The van der Waals surface area contributed by atoms with E-state index in [1.54, 1.807) is 6.20 Å². The van der Waals surface area contributed by atoms with Crippen molar-refractivity contribution in [2.45, 2.75) is 26.4 Å². The minimum atomic E-state index is 0.413. The van der Waals surface area contributed by atoms with Crippen LogP contribution < -0.4 is 4.90 Å². The monoisotopic (exact) mass is 418 g/mol. The fraction of sp³-hybridized carbons (Fsp3) is 0.304. The number of nitrogens with one attached hydrogen (secondary N) is 1. The highest BCUT2D eigenvalue weighted by Crippen LogP contribution is 2.30. The van der Waals surface area contributed by atoms with Crippen LogP contribution in [0.25, 0.3) is 33.7 Å². The number of hydrogen-bond acceptors (Lipinski definition) is 5. The predicted molar refractivity (Wildman–Crippen MR) is 118 cm³/mol. The number of fused-ring (bicyclic) bond motifs is 1. The molecule has 1 saturated heterocycles. The van der Waals surface area contributed by atoms with Crippen molar-refractivity contribution < 1.29 is 9.32 Å². The van der Waals surface area contributed by atoms with Crippen molar-refractivity contribution in [3.05, 3.63) is 59.6 Å². The normalized spacial score (nSPS) is 19.2. The van der Waals surface area contributed by atoms with Gasteiger partial charge in [-0.25, -0.2) is 4.98 Å². The number of pyridine rings is 2. The highest BCUT2D eigenvalue weighted by Gasteiger charge is 2.21. The Morgan fingerprint density at radius 3 is 2.70 bits per heavy atom. The van der Waals surface area contributed by atoms with Gasteiger partial charge in [-0.05, 0) is 55.2 Å². The summed E-state index contributed by atoms with van der Waals surface area (Å²) in [7, 11) is 0. The van der Waals surface area contributed by atoms with Crippen molar-refractivity contribution in [1.29, 1.82) is 0 Å². The number of likely N-dealkylation sites (tertiary alicyclic amines) is 1. The molecule has 0 saturated carbocycles. The molecule has 3 aromatic heterocycles. The maximum Gasteiger partial charge on any atom is 0.292 e. The van der Waals surface area contributed by atoms with E-state index >= 15 is 0 Å². The molecule has 1 aromatic carbocycles. The Hall–Kier alpha value is -2.90. The van der Waals surface area contributed by atoms with Crippen LogP contribution in [0.15, 0.2) is 59.1 Å². The molecule has 1 N–H and O–H groups in total. The van der Waals surface area contributed by atoms with E-state index in [0.29, 0.717) is 10.7 Å². The minimum absolute atomic E-state index is 0.413. The molecule has 7 heteroatoms. The number of aromatic nitrogens is 4. The summed E-state index contributed by atoms with van der Waals surface area (Å²) >= 11 is 5.51. The lowest BCUT2D eigenvalue weighted by molar-refractivity contribution is -0.929. The molecule has 0 atom stereocenters. The molecule has 4 heterocycles. The summed E-state index contributed by atoms with van der Waals surface area (Å²) in [5.41, 5.74) is 3.36. The van der Waals surface area contributed by atoms with Crippen molar-refractivity contribution in [2.75, 3.05) is 13.1 Å². The molecule has 1 aliphatic heterocycles. The first kappa shape index (κ1) is 19.1. The molecule has 30 heavy (non-hydrogen) atoms. The first-order chi connectivity index (χ1) is 14.7. The Bertz CT molecular complexity index is 1230. The molecule has 0 radical (unpaired) electrons. The summed E-state index contributed by atoms with van der Waals surface area (Å²) in [6.45, 7) is 5.36. The number of hydrogen-bond donors (Lipinski definition) is 1. The fourth-order valence-electron chi connectivity index (χ4n) is 4.05. The zero-order valence-corrected chi connectivity index (χ0v) is 17.7. The molecule has 4 aromatic rings. The quantitative estimate of drug-likeness (QED) is 0.512. The number of rotatable bonds is 4. The third-order valence-electron chi connectivity index (χ3n) is 5.83. The standard InChI is InChI=1S/C23H23N5OS/c1-16-9-12-27(13-10-16)15-28-23(30)29-22(26-28)18-14-21(20-8-4-5-11-24-20)25-19-7-3-2-6-17(18)19/h2-8,11,14,16H,9-10,12-13,15H2,1H3/p+1. The van der Waals surface area contributed by atoms with Crippen LogP contribution in [0.4, 0.5) is 0 Å². The average molecular weight is 419 g/mol. The summed E-state index contributed by atoms with van der Waals surface area (Å²) in [6.07, 6.45) is 4.26. The summed E-state index contributed by atoms with van der Waals surface area (Å²) in [6, 6.07) is 15.8. The van der Waals surface area contributed by atoms with E-state index in [2.05, 4.69) is 11.9 Å². The van der Waals surface area contributed by atoms with Crippen LogP contribution >= 0.6 is 12.2 Å². The van der Waals surface area contributed by atoms with Crippen LogP contribution in [-0.2, 0) is 6.67 Å².